The summed E-state index contributed by atoms with van der Waals surface area (Å²) in [5.41, 5.74) is 6.63. The Balaban J connectivity index is 1.93. The summed E-state index contributed by atoms with van der Waals surface area (Å²) in [6.07, 6.45) is 4.15. The number of hydrogen-bond acceptors (Lipinski definition) is 6. The summed E-state index contributed by atoms with van der Waals surface area (Å²) >= 11 is 0. The highest BCUT2D eigenvalue weighted by Gasteiger charge is 2.27. The van der Waals surface area contributed by atoms with Gasteiger partial charge in [0.25, 0.3) is 0 Å². The second kappa shape index (κ2) is 6.56. The third-order valence-electron chi connectivity index (χ3n) is 3.56. The smallest absolute Gasteiger partial charge is 0.340 e. The summed E-state index contributed by atoms with van der Waals surface area (Å²) in [6.45, 7) is 4.93. The number of carbonyl (C=O) groups is 1. The Labute approximate surface area is 119 Å². The first kappa shape index (κ1) is 14.6. The molecule has 1 aromatic rings. The van der Waals surface area contributed by atoms with Crippen LogP contribution in [0.2, 0.25) is 0 Å². The fraction of sp³-hybridized carbons (Fsp3) is 0.571. The van der Waals surface area contributed by atoms with Crippen molar-refractivity contribution in [2.75, 3.05) is 37.8 Å². The average molecular weight is 278 g/mol. The molecule has 1 aromatic heterocycles. The molecular weight excluding hydrogens is 256 g/mol. The number of methoxy groups -OCH3 is 1. The molecule has 6 nitrogen and oxygen atoms in total. The predicted molar refractivity (Wildman–Crippen MR) is 78.7 cm³/mol. The first-order chi connectivity index (χ1) is 9.67. The fourth-order valence-electron chi connectivity index (χ4n) is 2.26. The number of esters is 1. The van der Waals surface area contributed by atoms with E-state index in [1.54, 1.807) is 12.3 Å². The van der Waals surface area contributed by atoms with Crippen LogP contribution in [0.1, 0.15) is 30.1 Å². The van der Waals surface area contributed by atoms with E-state index >= 15 is 0 Å². The highest BCUT2D eigenvalue weighted by atomic mass is 16.5. The van der Waals surface area contributed by atoms with Crippen molar-refractivity contribution in [1.82, 2.24) is 9.88 Å². The number of ether oxygens (including phenoxy) is 1. The van der Waals surface area contributed by atoms with Crippen LogP contribution in [-0.4, -0.2) is 48.6 Å². The Bertz CT molecular complexity index is 474. The second-order valence-corrected chi connectivity index (χ2v) is 4.90. The van der Waals surface area contributed by atoms with Gasteiger partial charge in [-0.05, 0) is 25.5 Å². The van der Waals surface area contributed by atoms with Crippen LogP contribution in [0.5, 0.6) is 0 Å². The standard InChI is InChI=1S/C14H22N4O2/c1-3-18(10-4-5-10)9-8-17-13-12(15)11(6-7-16-13)14(19)20-2/h6-7,10H,3-5,8-9,15H2,1-2H3,(H,16,17). The summed E-state index contributed by atoms with van der Waals surface area (Å²) in [7, 11) is 1.34. The van der Waals surface area contributed by atoms with Crippen LogP contribution >= 0.6 is 0 Å². The number of likely N-dealkylation sites (N-methyl/N-ethyl adjacent to an activating group) is 1. The molecule has 0 unspecified atom stereocenters. The highest BCUT2D eigenvalue weighted by molar-refractivity contribution is 5.97. The van der Waals surface area contributed by atoms with Gasteiger partial charge in [0.1, 0.15) is 5.82 Å². The largest absolute Gasteiger partial charge is 0.465 e. The van der Waals surface area contributed by atoms with Gasteiger partial charge in [-0.1, -0.05) is 6.92 Å². The maximum Gasteiger partial charge on any atom is 0.340 e. The molecule has 0 aromatic carbocycles. The zero-order valence-electron chi connectivity index (χ0n) is 12.1. The van der Waals surface area contributed by atoms with Gasteiger partial charge in [0, 0.05) is 25.3 Å². The molecule has 1 aliphatic carbocycles. The van der Waals surface area contributed by atoms with Crippen molar-refractivity contribution in [3.8, 4) is 0 Å². The van der Waals surface area contributed by atoms with E-state index in [9.17, 15) is 4.79 Å². The minimum absolute atomic E-state index is 0.342. The van der Waals surface area contributed by atoms with E-state index in [4.69, 9.17) is 5.73 Å². The minimum atomic E-state index is -0.443. The summed E-state index contributed by atoms with van der Waals surface area (Å²) in [4.78, 5) is 18.2. The maximum atomic E-state index is 11.5. The van der Waals surface area contributed by atoms with Crippen LogP contribution in [-0.2, 0) is 4.74 Å². The van der Waals surface area contributed by atoms with Crippen molar-refractivity contribution in [3.05, 3.63) is 17.8 Å². The Morgan fingerprint density at radius 2 is 2.35 bits per heavy atom. The number of nitrogens with zero attached hydrogens (tertiary/aromatic N) is 2. The normalized spacial score (nSPS) is 14.3. The lowest BCUT2D eigenvalue weighted by Crippen LogP contribution is -2.31. The lowest BCUT2D eigenvalue weighted by Gasteiger charge is -2.20. The van der Waals surface area contributed by atoms with E-state index < -0.39 is 5.97 Å². The molecule has 2 rings (SSSR count). The zero-order chi connectivity index (χ0) is 14.5. The van der Waals surface area contributed by atoms with Crippen LogP contribution in [0.3, 0.4) is 0 Å². The Morgan fingerprint density at radius 3 is 2.95 bits per heavy atom. The molecule has 1 fully saturated rings. The molecule has 110 valence electrons. The van der Waals surface area contributed by atoms with Crippen LogP contribution < -0.4 is 11.1 Å². The number of rotatable bonds is 7. The molecule has 20 heavy (non-hydrogen) atoms. The molecule has 1 saturated carbocycles. The van der Waals surface area contributed by atoms with Gasteiger partial charge in [0.05, 0.1) is 18.4 Å². The van der Waals surface area contributed by atoms with Crippen LogP contribution in [0, 0.1) is 0 Å². The third kappa shape index (κ3) is 3.39. The summed E-state index contributed by atoms with van der Waals surface area (Å²) in [5, 5.41) is 3.19. The van der Waals surface area contributed by atoms with Crippen molar-refractivity contribution in [2.45, 2.75) is 25.8 Å². The summed E-state index contributed by atoms with van der Waals surface area (Å²) in [6, 6.07) is 2.31. The summed E-state index contributed by atoms with van der Waals surface area (Å²) in [5.74, 6) is 0.0980. The number of hydrogen-bond donors (Lipinski definition) is 2. The lowest BCUT2D eigenvalue weighted by molar-refractivity contribution is 0.0602. The van der Waals surface area contributed by atoms with Gasteiger partial charge in [-0.3, -0.25) is 4.90 Å². The van der Waals surface area contributed by atoms with Crippen molar-refractivity contribution >= 4 is 17.5 Å². The molecule has 3 N–H and O–H groups in total. The number of carbonyl (C=O) groups excluding carboxylic acids is 1. The van der Waals surface area contributed by atoms with Gasteiger partial charge in [-0.2, -0.15) is 0 Å². The van der Waals surface area contributed by atoms with E-state index in [1.165, 1.54) is 20.0 Å². The van der Waals surface area contributed by atoms with Crippen molar-refractivity contribution in [3.63, 3.8) is 0 Å². The van der Waals surface area contributed by atoms with Crippen molar-refractivity contribution in [2.24, 2.45) is 0 Å². The quantitative estimate of drug-likeness (QED) is 0.733. The second-order valence-electron chi connectivity index (χ2n) is 4.90. The fourth-order valence-corrected chi connectivity index (χ4v) is 2.26. The first-order valence-electron chi connectivity index (χ1n) is 6.98. The SMILES string of the molecule is CCN(CCNc1nccc(C(=O)OC)c1N)C1CC1. The molecule has 6 heteroatoms. The molecule has 0 radical (unpaired) electrons. The van der Waals surface area contributed by atoms with Gasteiger partial charge in [-0.15, -0.1) is 0 Å². The first-order valence-corrected chi connectivity index (χ1v) is 6.98. The third-order valence-corrected chi connectivity index (χ3v) is 3.56. The van der Waals surface area contributed by atoms with Gasteiger partial charge < -0.3 is 15.8 Å². The summed E-state index contributed by atoms with van der Waals surface area (Å²) < 4.78 is 4.69. The number of anilines is 2. The molecule has 0 bridgehead atoms. The van der Waals surface area contributed by atoms with Gasteiger partial charge in [0.15, 0.2) is 0 Å². The number of aromatic nitrogens is 1. The lowest BCUT2D eigenvalue weighted by atomic mass is 10.2. The molecule has 0 spiro atoms. The van der Waals surface area contributed by atoms with E-state index in [1.807, 2.05) is 0 Å². The number of nitrogen functional groups attached to an aromatic ring is 1. The molecule has 0 amide bonds. The number of pyridine rings is 1. The maximum absolute atomic E-state index is 11.5. The van der Waals surface area contributed by atoms with Gasteiger partial charge in [-0.25, -0.2) is 9.78 Å². The van der Waals surface area contributed by atoms with Crippen molar-refractivity contribution in [1.29, 1.82) is 0 Å². The molecule has 0 saturated heterocycles. The van der Waals surface area contributed by atoms with E-state index in [-0.39, 0.29) is 0 Å². The number of nitrogens with one attached hydrogen (secondary N) is 1. The van der Waals surface area contributed by atoms with Crippen LogP contribution in [0.25, 0.3) is 0 Å². The van der Waals surface area contributed by atoms with E-state index in [2.05, 4.69) is 26.9 Å². The van der Waals surface area contributed by atoms with Gasteiger partial charge in [0.2, 0.25) is 0 Å². The number of nitrogens with two attached hydrogens (primary N) is 1. The molecular formula is C14H22N4O2. The molecule has 1 aliphatic rings. The zero-order valence-corrected chi connectivity index (χ0v) is 12.1. The minimum Gasteiger partial charge on any atom is -0.465 e. The Hall–Kier alpha value is -1.82. The highest BCUT2D eigenvalue weighted by Crippen LogP contribution is 2.26. The van der Waals surface area contributed by atoms with Crippen molar-refractivity contribution < 1.29 is 9.53 Å². The predicted octanol–water partition coefficient (Wildman–Crippen LogP) is 1.35. The monoisotopic (exact) mass is 278 g/mol. The topological polar surface area (TPSA) is 80.5 Å². The Morgan fingerprint density at radius 1 is 1.60 bits per heavy atom. The van der Waals surface area contributed by atoms with Gasteiger partial charge >= 0.3 is 5.97 Å². The molecule has 0 atom stereocenters. The van der Waals surface area contributed by atoms with Crippen LogP contribution in [0.15, 0.2) is 12.3 Å². The average Bonchev–Trinajstić information content (AvgIpc) is 3.29. The van der Waals surface area contributed by atoms with Crippen LogP contribution in [0.4, 0.5) is 11.5 Å². The van der Waals surface area contributed by atoms with E-state index in [0.29, 0.717) is 17.1 Å². The van der Waals surface area contributed by atoms with E-state index in [0.717, 1.165) is 25.7 Å². The Kier molecular flexibility index (Phi) is 4.79. The molecule has 0 aliphatic heterocycles. The molecule has 1 heterocycles.